The minimum Gasteiger partial charge on any atom is -0.369 e. The molecule has 1 fully saturated rings. The molecule has 1 heterocycles. The molecular weight excluding hydrogens is 270 g/mol. The fraction of sp³-hybridized carbons (Fsp3) is 0.250. The lowest BCUT2D eigenvalue weighted by Crippen LogP contribution is -2.40. The summed E-state index contributed by atoms with van der Waals surface area (Å²) >= 11 is 0. The zero-order chi connectivity index (χ0) is 14.0. The summed E-state index contributed by atoms with van der Waals surface area (Å²) in [5.41, 5.74) is 3.47. The van der Waals surface area contributed by atoms with Crippen LogP contribution in [0, 0.1) is 0 Å². The second-order valence-corrected chi connectivity index (χ2v) is 7.36. The predicted octanol–water partition coefficient (Wildman–Crippen LogP) is 2.59. The molecule has 0 unspecified atom stereocenters. The minimum absolute atomic E-state index is 0.257. The first-order chi connectivity index (χ1) is 9.64. The molecule has 4 heteroatoms. The molecule has 0 bridgehead atoms. The summed E-state index contributed by atoms with van der Waals surface area (Å²) in [6.07, 6.45) is 0. The van der Waals surface area contributed by atoms with Gasteiger partial charge in [0, 0.05) is 18.8 Å². The van der Waals surface area contributed by atoms with Crippen LogP contribution in [0.15, 0.2) is 54.6 Å². The lowest BCUT2D eigenvalue weighted by molar-refractivity contribution is 0.587. The first kappa shape index (κ1) is 13.2. The summed E-state index contributed by atoms with van der Waals surface area (Å²) in [5.74, 6) is 0.515. The van der Waals surface area contributed by atoms with Gasteiger partial charge in [0.25, 0.3) is 0 Å². The van der Waals surface area contributed by atoms with Gasteiger partial charge in [-0.15, -0.1) is 0 Å². The molecule has 3 rings (SSSR count). The average molecular weight is 287 g/mol. The molecule has 2 aromatic carbocycles. The molecule has 0 spiro atoms. The quantitative estimate of drug-likeness (QED) is 0.852. The SMILES string of the molecule is O=S1(=O)CCN(c2ccc(-c3ccccc3)cc2)CC1. The van der Waals surface area contributed by atoms with E-state index in [1.165, 1.54) is 11.1 Å². The maximum absolute atomic E-state index is 11.4. The Balaban J connectivity index is 1.77. The van der Waals surface area contributed by atoms with Gasteiger partial charge in [-0.3, -0.25) is 0 Å². The zero-order valence-electron chi connectivity index (χ0n) is 11.2. The fourth-order valence-corrected chi connectivity index (χ4v) is 3.67. The van der Waals surface area contributed by atoms with Crippen molar-refractivity contribution in [3.05, 3.63) is 54.6 Å². The second kappa shape index (κ2) is 5.29. The smallest absolute Gasteiger partial charge is 0.153 e. The Hall–Kier alpha value is -1.81. The number of benzene rings is 2. The van der Waals surface area contributed by atoms with Gasteiger partial charge in [-0.25, -0.2) is 8.42 Å². The van der Waals surface area contributed by atoms with Crippen LogP contribution in [0.3, 0.4) is 0 Å². The molecule has 3 nitrogen and oxygen atoms in total. The van der Waals surface area contributed by atoms with E-state index in [1.54, 1.807) is 0 Å². The highest BCUT2D eigenvalue weighted by atomic mass is 32.2. The summed E-state index contributed by atoms with van der Waals surface area (Å²) in [7, 11) is -2.82. The number of rotatable bonds is 2. The Bertz CT molecular complexity index is 664. The van der Waals surface area contributed by atoms with Crippen LogP contribution in [0.1, 0.15) is 0 Å². The van der Waals surface area contributed by atoms with E-state index in [-0.39, 0.29) is 11.5 Å². The van der Waals surface area contributed by atoms with E-state index >= 15 is 0 Å². The Morgan fingerprint density at radius 2 is 1.30 bits per heavy atom. The van der Waals surface area contributed by atoms with E-state index < -0.39 is 9.84 Å². The Labute approximate surface area is 119 Å². The lowest BCUT2D eigenvalue weighted by atomic mass is 10.1. The van der Waals surface area contributed by atoms with E-state index in [1.807, 2.05) is 18.2 Å². The molecule has 1 aliphatic heterocycles. The molecule has 1 saturated heterocycles. The molecule has 0 amide bonds. The van der Waals surface area contributed by atoms with Crippen LogP contribution in [0.2, 0.25) is 0 Å². The third kappa shape index (κ3) is 2.85. The Kier molecular flexibility index (Phi) is 3.49. The van der Waals surface area contributed by atoms with Gasteiger partial charge >= 0.3 is 0 Å². The van der Waals surface area contributed by atoms with Crippen LogP contribution >= 0.6 is 0 Å². The van der Waals surface area contributed by atoms with Crippen molar-refractivity contribution in [3.8, 4) is 11.1 Å². The number of anilines is 1. The first-order valence-corrected chi connectivity index (χ1v) is 8.57. The number of hydrogen-bond donors (Lipinski definition) is 0. The van der Waals surface area contributed by atoms with E-state index in [0.717, 1.165) is 5.69 Å². The van der Waals surface area contributed by atoms with Gasteiger partial charge in [-0.05, 0) is 23.3 Å². The molecule has 104 valence electrons. The highest BCUT2D eigenvalue weighted by molar-refractivity contribution is 7.91. The van der Waals surface area contributed by atoms with Gasteiger partial charge in [0.15, 0.2) is 9.84 Å². The summed E-state index contributed by atoms with van der Waals surface area (Å²) in [5, 5.41) is 0. The van der Waals surface area contributed by atoms with E-state index in [0.29, 0.717) is 13.1 Å². The van der Waals surface area contributed by atoms with Gasteiger partial charge in [0.2, 0.25) is 0 Å². The second-order valence-electron chi connectivity index (χ2n) is 5.05. The molecule has 0 saturated carbocycles. The largest absolute Gasteiger partial charge is 0.369 e. The molecule has 2 aromatic rings. The van der Waals surface area contributed by atoms with Crippen molar-refractivity contribution < 1.29 is 8.42 Å². The Morgan fingerprint density at radius 1 is 0.750 bits per heavy atom. The van der Waals surface area contributed by atoms with Crippen molar-refractivity contribution in [3.63, 3.8) is 0 Å². The van der Waals surface area contributed by atoms with Crippen molar-refractivity contribution in [2.24, 2.45) is 0 Å². The third-order valence-electron chi connectivity index (χ3n) is 3.68. The minimum atomic E-state index is -2.82. The third-order valence-corrected chi connectivity index (χ3v) is 5.29. The first-order valence-electron chi connectivity index (χ1n) is 6.75. The topological polar surface area (TPSA) is 37.4 Å². The van der Waals surface area contributed by atoms with Gasteiger partial charge < -0.3 is 4.90 Å². The molecule has 20 heavy (non-hydrogen) atoms. The van der Waals surface area contributed by atoms with Crippen LogP contribution in [0.25, 0.3) is 11.1 Å². The summed E-state index contributed by atoms with van der Waals surface area (Å²) in [6, 6.07) is 18.6. The highest BCUT2D eigenvalue weighted by Gasteiger charge is 2.21. The van der Waals surface area contributed by atoms with Crippen LogP contribution in [0.5, 0.6) is 0 Å². The van der Waals surface area contributed by atoms with Crippen LogP contribution in [-0.4, -0.2) is 33.0 Å². The molecule has 0 N–H and O–H groups in total. The maximum atomic E-state index is 11.4. The van der Waals surface area contributed by atoms with Gasteiger partial charge in [-0.1, -0.05) is 42.5 Å². The van der Waals surface area contributed by atoms with E-state index in [4.69, 9.17) is 0 Å². The maximum Gasteiger partial charge on any atom is 0.153 e. The molecule has 0 aliphatic carbocycles. The standard InChI is InChI=1S/C16H17NO2S/c18-20(19)12-10-17(11-13-20)16-8-6-15(7-9-16)14-4-2-1-3-5-14/h1-9H,10-13H2. The molecule has 0 radical (unpaired) electrons. The lowest BCUT2D eigenvalue weighted by Gasteiger charge is -2.28. The summed E-state index contributed by atoms with van der Waals surface area (Å²) < 4.78 is 22.9. The van der Waals surface area contributed by atoms with Crippen LogP contribution in [0.4, 0.5) is 5.69 Å². The van der Waals surface area contributed by atoms with Crippen molar-refractivity contribution in [2.75, 3.05) is 29.5 Å². The molecule has 0 atom stereocenters. The number of sulfone groups is 1. The van der Waals surface area contributed by atoms with Crippen LogP contribution < -0.4 is 4.90 Å². The summed E-state index contributed by atoms with van der Waals surface area (Å²) in [4.78, 5) is 2.13. The fourth-order valence-electron chi connectivity index (χ4n) is 2.47. The normalized spacial score (nSPS) is 17.9. The summed E-state index contributed by atoms with van der Waals surface area (Å²) in [6.45, 7) is 1.18. The number of nitrogens with zero attached hydrogens (tertiary/aromatic N) is 1. The van der Waals surface area contributed by atoms with Gasteiger partial charge in [0.1, 0.15) is 0 Å². The molecule has 1 aliphatic rings. The Morgan fingerprint density at radius 3 is 1.90 bits per heavy atom. The monoisotopic (exact) mass is 287 g/mol. The molecular formula is C16H17NO2S. The van der Waals surface area contributed by atoms with E-state index in [2.05, 4.69) is 41.3 Å². The van der Waals surface area contributed by atoms with Crippen molar-refractivity contribution in [1.82, 2.24) is 0 Å². The van der Waals surface area contributed by atoms with Crippen molar-refractivity contribution >= 4 is 15.5 Å². The van der Waals surface area contributed by atoms with Crippen LogP contribution in [-0.2, 0) is 9.84 Å². The van der Waals surface area contributed by atoms with Gasteiger partial charge in [0.05, 0.1) is 11.5 Å². The van der Waals surface area contributed by atoms with Gasteiger partial charge in [-0.2, -0.15) is 0 Å². The van der Waals surface area contributed by atoms with Crippen molar-refractivity contribution in [2.45, 2.75) is 0 Å². The predicted molar refractivity (Wildman–Crippen MR) is 82.7 cm³/mol. The highest BCUT2D eigenvalue weighted by Crippen LogP contribution is 2.23. The van der Waals surface area contributed by atoms with E-state index in [9.17, 15) is 8.42 Å². The number of hydrogen-bond acceptors (Lipinski definition) is 3. The van der Waals surface area contributed by atoms with Crippen molar-refractivity contribution in [1.29, 1.82) is 0 Å². The molecule has 0 aromatic heterocycles. The zero-order valence-corrected chi connectivity index (χ0v) is 12.0. The average Bonchev–Trinajstić information content (AvgIpc) is 2.48.